The van der Waals surface area contributed by atoms with E-state index in [1.54, 1.807) is 12.1 Å². The molecule has 0 radical (unpaired) electrons. The number of ether oxygens (including phenoxy) is 1. The van der Waals surface area contributed by atoms with Crippen LogP contribution >= 0.6 is 24.8 Å². The second-order valence-electron chi connectivity index (χ2n) is 8.81. The van der Waals surface area contributed by atoms with Crippen LogP contribution in [0.15, 0.2) is 48.5 Å². The zero-order valence-electron chi connectivity index (χ0n) is 18.6. The first-order chi connectivity index (χ1) is 14.7. The Bertz CT molecular complexity index is 884. The van der Waals surface area contributed by atoms with Gasteiger partial charge in [-0.1, -0.05) is 36.4 Å². The second kappa shape index (κ2) is 11.3. The molecule has 2 aromatic carbocycles. The molecule has 1 aliphatic heterocycles. The molecule has 0 aromatic heterocycles. The molecule has 33 heavy (non-hydrogen) atoms. The normalized spacial score (nSPS) is 19.5. The van der Waals surface area contributed by atoms with Crippen LogP contribution in [-0.2, 0) is 0 Å². The average molecular weight is 507 g/mol. The predicted octanol–water partition coefficient (Wildman–Crippen LogP) is 5.34. The Morgan fingerprint density at radius 2 is 1.61 bits per heavy atom. The molecule has 2 fully saturated rings. The minimum atomic E-state index is -4.71. The Kier molecular flexibility index (Phi) is 9.48. The van der Waals surface area contributed by atoms with Gasteiger partial charge in [-0.25, -0.2) is 0 Å². The number of aliphatic hydroxyl groups is 1. The van der Waals surface area contributed by atoms with E-state index in [0.29, 0.717) is 5.56 Å². The van der Waals surface area contributed by atoms with E-state index in [1.165, 1.54) is 12.1 Å². The highest BCUT2D eigenvalue weighted by atomic mass is 35.5. The van der Waals surface area contributed by atoms with Crippen LogP contribution in [0.1, 0.15) is 30.7 Å². The monoisotopic (exact) mass is 506 g/mol. The molecule has 0 spiro atoms. The van der Waals surface area contributed by atoms with Crippen LogP contribution in [0.2, 0.25) is 0 Å². The van der Waals surface area contributed by atoms with E-state index < -0.39 is 12.0 Å². The van der Waals surface area contributed by atoms with Gasteiger partial charge in [0.25, 0.3) is 0 Å². The lowest BCUT2D eigenvalue weighted by Gasteiger charge is -2.46. The molecule has 1 atom stereocenters. The van der Waals surface area contributed by atoms with Gasteiger partial charge in [-0.15, -0.1) is 38.0 Å². The first-order valence-electron chi connectivity index (χ1n) is 10.8. The SMILES string of the molecule is CN1CCN(CC(c2ccc(-c3cccc(OC(F)(F)F)c3)cc2)C2(O)CCC2)CC1.Cl.Cl. The van der Waals surface area contributed by atoms with Crippen molar-refractivity contribution in [2.45, 2.75) is 37.1 Å². The number of benzene rings is 2. The number of alkyl halides is 3. The van der Waals surface area contributed by atoms with Gasteiger partial charge < -0.3 is 19.6 Å². The van der Waals surface area contributed by atoms with Crippen LogP contribution in [0.25, 0.3) is 11.1 Å². The minimum Gasteiger partial charge on any atom is -0.406 e. The highest BCUT2D eigenvalue weighted by Crippen LogP contribution is 2.44. The predicted molar refractivity (Wildman–Crippen MR) is 129 cm³/mol. The molecule has 0 amide bonds. The van der Waals surface area contributed by atoms with Crippen molar-refractivity contribution in [2.75, 3.05) is 39.8 Å². The zero-order valence-corrected chi connectivity index (χ0v) is 20.2. The number of hydrogen-bond acceptors (Lipinski definition) is 4. The van der Waals surface area contributed by atoms with Crippen molar-refractivity contribution >= 4 is 24.8 Å². The van der Waals surface area contributed by atoms with Crippen molar-refractivity contribution in [3.05, 3.63) is 54.1 Å². The standard InChI is InChI=1S/C24H29F3N2O2.2ClH/c1-28-12-14-29(15-13-28)17-22(23(30)10-3-11-23)19-8-6-18(7-9-19)20-4-2-5-21(16-20)31-24(25,26)27;;/h2,4-9,16,22,30H,3,10-15,17H2,1H3;2*1H. The largest absolute Gasteiger partial charge is 0.573 e. The number of piperazine rings is 1. The Morgan fingerprint density at radius 1 is 0.970 bits per heavy atom. The van der Waals surface area contributed by atoms with Gasteiger partial charge in [-0.05, 0) is 55.1 Å². The molecule has 1 saturated carbocycles. The summed E-state index contributed by atoms with van der Waals surface area (Å²) in [6.07, 6.45) is -2.05. The van der Waals surface area contributed by atoms with Gasteiger partial charge >= 0.3 is 6.36 Å². The van der Waals surface area contributed by atoms with Gasteiger partial charge in [-0.3, -0.25) is 0 Å². The molecular weight excluding hydrogens is 476 g/mol. The van der Waals surface area contributed by atoms with Crippen LogP contribution < -0.4 is 4.74 Å². The van der Waals surface area contributed by atoms with Crippen LogP contribution in [0.3, 0.4) is 0 Å². The van der Waals surface area contributed by atoms with Crippen molar-refractivity contribution in [3.63, 3.8) is 0 Å². The molecule has 0 bridgehead atoms. The molecule has 1 unspecified atom stereocenters. The molecular formula is C24H31Cl2F3N2O2. The van der Waals surface area contributed by atoms with Crippen molar-refractivity contribution in [2.24, 2.45) is 0 Å². The second-order valence-corrected chi connectivity index (χ2v) is 8.81. The van der Waals surface area contributed by atoms with Crippen LogP contribution in [0.4, 0.5) is 13.2 Å². The summed E-state index contributed by atoms with van der Waals surface area (Å²) >= 11 is 0. The van der Waals surface area contributed by atoms with E-state index in [1.807, 2.05) is 24.3 Å². The van der Waals surface area contributed by atoms with Crippen molar-refractivity contribution in [1.82, 2.24) is 9.80 Å². The molecule has 184 valence electrons. The number of hydrogen-bond donors (Lipinski definition) is 1. The Balaban J connectivity index is 0.00000193. The Labute approximate surface area is 205 Å². The summed E-state index contributed by atoms with van der Waals surface area (Å²) in [5.74, 6) is -0.204. The minimum absolute atomic E-state index is 0. The topological polar surface area (TPSA) is 35.9 Å². The summed E-state index contributed by atoms with van der Waals surface area (Å²) < 4.78 is 41.6. The summed E-state index contributed by atoms with van der Waals surface area (Å²) in [7, 11) is 2.13. The fraction of sp³-hybridized carbons (Fsp3) is 0.500. The third kappa shape index (κ3) is 6.99. The van der Waals surface area contributed by atoms with Crippen molar-refractivity contribution in [3.8, 4) is 16.9 Å². The number of rotatable bonds is 6. The number of halogens is 5. The summed E-state index contributed by atoms with van der Waals surface area (Å²) in [6, 6.07) is 13.8. The summed E-state index contributed by atoms with van der Waals surface area (Å²) in [6.45, 7) is 4.86. The summed E-state index contributed by atoms with van der Waals surface area (Å²) in [4.78, 5) is 4.74. The van der Waals surface area contributed by atoms with Gasteiger partial charge in [0.05, 0.1) is 5.60 Å². The van der Waals surface area contributed by atoms with E-state index in [-0.39, 0.29) is 36.5 Å². The Morgan fingerprint density at radius 3 is 2.15 bits per heavy atom. The zero-order chi connectivity index (χ0) is 22.1. The molecule has 2 aliphatic rings. The van der Waals surface area contributed by atoms with Gasteiger partial charge in [0.1, 0.15) is 5.75 Å². The summed E-state index contributed by atoms with van der Waals surface area (Å²) in [5, 5.41) is 11.2. The molecule has 4 nitrogen and oxygen atoms in total. The molecule has 2 aromatic rings. The molecule has 1 N–H and O–H groups in total. The Hall–Kier alpha value is -1.51. The average Bonchev–Trinajstić information content (AvgIpc) is 2.71. The highest BCUT2D eigenvalue weighted by Gasteiger charge is 2.43. The van der Waals surface area contributed by atoms with Gasteiger partial charge in [0.2, 0.25) is 0 Å². The third-order valence-corrected chi connectivity index (χ3v) is 6.62. The fourth-order valence-electron chi connectivity index (χ4n) is 4.54. The van der Waals surface area contributed by atoms with E-state index in [0.717, 1.165) is 63.1 Å². The van der Waals surface area contributed by atoms with Gasteiger partial charge in [0.15, 0.2) is 0 Å². The maximum absolute atomic E-state index is 12.5. The third-order valence-electron chi connectivity index (χ3n) is 6.62. The molecule has 1 aliphatic carbocycles. The lowest BCUT2D eigenvalue weighted by atomic mass is 9.68. The van der Waals surface area contributed by atoms with Crippen LogP contribution in [0.5, 0.6) is 5.75 Å². The molecule has 9 heteroatoms. The maximum atomic E-state index is 12.5. The number of likely N-dealkylation sites (N-methyl/N-ethyl adjacent to an activating group) is 1. The fourth-order valence-corrected chi connectivity index (χ4v) is 4.54. The van der Waals surface area contributed by atoms with Crippen molar-refractivity contribution in [1.29, 1.82) is 0 Å². The van der Waals surface area contributed by atoms with E-state index in [4.69, 9.17) is 0 Å². The first kappa shape index (κ1) is 27.7. The van der Waals surface area contributed by atoms with Gasteiger partial charge in [-0.2, -0.15) is 0 Å². The van der Waals surface area contributed by atoms with Crippen LogP contribution in [0, 0.1) is 0 Å². The maximum Gasteiger partial charge on any atom is 0.573 e. The molecule has 1 heterocycles. The highest BCUT2D eigenvalue weighted by molar-refractivity contribution is 5.85. The molecule has 4 rings (SSSR count). The van der Waals surface area contributed by atoms with E-state index in [9.17, 15) is 18.3 Å². The summed E-state index contributed by atoms with van der Waals surface area (Å²) in [5.41, 5.74) is 1.87. The van der Waals surface area contributed by atoms with Crippen LogP contribution in [-0.4, -0.2) is 66.6 Å². The lowest BCUT2D eigenvalue weighted by Crippen LogP contribution is -2.51. The smallest absolute Gasteiger partial charge is 0.406 e. The number of nitrogens with zero attached hydrogens (tertiary/aromatic N) is 2. The quantitative estimate of drug-likeness (QED) is 0.573. The first-order valence-corrected chi connectivity index (χ1v) is 10.8. The van der Waals surface area contributed by atoms with Gasteiger partial charge in [0, 0.05) is 38.6 Å². The van der Waals surface area contributed by atoms with E-state index >= 15 is 0 Å². The molecule has 1 saturated heterocycles. The lowest BCUT2D eigenvalue weighted by molar-refractivity contribution is -0.274. The van der Waals surface area contributed by atoms with Crippen molar-refractivity contribution < 1.29 is 23.0 Å². The van der Waals surface area contributed by atoms with E-state index in [2.05, 4.69) is 21.6 Å².